The third kappa shape index (κ3) is 6.92. The van der Waals surface area contributed by atoms with Crippen molar-refractivity contribution in [2.75, 3.05) is 6.61 Å². The molecule has 0 spiro atoms. The zero-order chi connectivity index (χ0) is 17.0. The Kier molecular flexibility index (Phi) is 7.98. The lowest BCUT2D eigenvalue weighted by molar-refractivity contribution is -0.384. The highest BCUT2D eigenvalue weighted by atomic mass is 16.6. The molecule has 0 aliphatic rings. The average Bonchev–Trinajstić information content (AvgIpc) is 2.61. The third-order valence-corrected chi connectivity index (χ3v) is 4.01. The van der Waals surface area contributed by atoms with Gasteiger partial charge in [0, 0.05) is 18.7 Å². The number of rotatable bonds is 11. The average molecular weight is 327 g/mol. The zero-order valence-electron chi connectivity index (χ0n) is 14.0. The van der Waals surface area contributed by atoms with Crippen molar-refractivity contribution in [3.63, 3.8) is 0 Å². The molecule has 0 bridgehead atoms. The molecule has 0 fully saturated rings. The van der Waals surface area contributed by atoms with E-state index in [0.717, 1.165) is 25.9 Å². The number of nitro groups is 1. The second-order valence-corrected chi connectivity index (χ2v) is 5.98. The highest BCUT2D eigenvalue weighted by Gasteiger charge is 2.03. The maximum Gasteiger partial charge on any atom is 0.269 e. The van der Waals surface area contributed by atoms with Crippen LogP contribution in [0, 0.1) is 10.1 Å². The van der Waals surface area contributed by atoms with Crippen molar-refractivity contribution in [2.45, 2.75) is 45.1 Å². The molecule has 4 nitrogen and oxygen atoms in total. The number of nitro benzene ring substituents is 1. The highest BCUT2D eigenvalue weighted by molar-refractivity contribution is 5.32. The maximum atomic E-state index is 10.6. The summed E-state index contributed by atoms with van der Waals surface area (Å²) in [4.78, 5) is 10.2. The Bertz CT molecular complexity index is 596. The number of hydrogen-bond donors (Lipinski definition) is 0. The summed E-state index contributed by atoms with van der Waals surface area (Å²) in [6, 6.07) is 17.1. The summed E-state index contributed by atoms with van der Waals surface area (Å²) in [5.41, 5.74) is 2.56. The van der Waals surface area contributed by atoms with E-state index in [-0.39, 0.29) is 10.6 Å². The molecule has 0 heterocycles. The summed E-state index contributed by atoms with van der Waals surface area (Å²) in [5.74, 6) is 0. The van der Waals surface area contributed by atoms with Gasteiger partial charge in [0.25, 0.3) is 5.69 Å². The molecule has 24 heavy (non-hydrogen) atoms. The van der Waals surface area contributed by atoms with E-state index in [2.05, 4.69) is 12.1 Å². The molecule has 2 aromatic rings. The second kappa shape index (κ2) is 10.6. The number of aryl methyl sites for hydroxylation is 1. The van der Waals surface area contributed by atoms with Gasteiger partial charge in [0.1, 0.15) is 0 Å². The molecule has 0 radical (unpaired) electrons. The first-order chi connectivity index (χ1) is 11.8. The lowest BCUT2D eigenvalue weighted by atomic mass is 10.1. The molecule has 2 aromatic carbocycles. The van der Waals surface area contributed by atoms with Crippen molar-refractivity contribution in [1.29, 1.82) is 0 Å². The number of benzene rings is 2. The van der Waals surface area contributed by atoms with E-state index in [0.29, 0.717) is 6.61 Å². The molecular weight excluding hydrogens is 302 g/mol. The topological polar surface area (TPSA) is 52.4 Å². The lowest BCUT2D eigenvalue weighted by Gasteiger charge is -2.05. The molecule has 0 aromatic heterocycles. The Hall–Kier alpha value is -2.20. The monoisotopic (exact) mass is 327 g/mol. The van der Waals surface area contributed by atoms with Gasteiger partial charge in [-0.2, -0.15) is 0 Å². The minimum atomic E-state index is -0.357. The van der Waals surface area contributed by atoms with Gasteiger partial charge in [-0.3, -0.25) is 10.1 Å². The van der Waals surface area contributed by atoms with Crippen LogP contribution in [0.25, 0.3) is 0 Å². The van der Waals surface area contributed by atoms with E-state index in [4.69, 9.17) is 4.74 Å². The van der Waals surface area contributed by atoms with Crippen LogP contribution in [0.5, 0.6) is 0 Å². The van der Waals surface area contributed by atoms with Crippen molar-refractivity contribution < 1.29 is 9.66 Å². The molecule has 0 aliphatic heterocycles. The van der Waals surface area contributed by atoms with Crippen molar-refractivity contribution in [3.05, 3.63) is 75.8 Å². The van der Waals surface area contributed by atoms with Crippen molar-refractivity contribution >= 4 is 5.69 Å². The molecule has 0 saturated heterocycles. The summed E-state index contributed by atoms with van der Waals surface area (Å²) in [7, 11) is 0. The fraction of sp³-hybridized carbons (Fsp3) is 0.400. The van der Waals surface area contributed by atoms with Crippen LogP contribution in [-0.4, -0.2) is 11.5 Å². The number of ether oxygens (including phenoxy) is 1. The van der Waals surface area contributed by atoms with Crippen molar-refractivity contribution in [1.82, 2.24) is 0 Å². The number of nitrogens with zero attached hydrogens (tertiary/aromatic N) is 1. The Morgan fingerprint density at radius 3 is 2.17 bits per heavy atom. The molecule has 128 valence electrons. The standard InChI is InChI=1S/C20H25NO3/c22-21(23)20-14-12-18(13-15-20)9-5-2-1-3-8-16-24-17-19-10-6-4-7-11-19/h4,6-7,10-15H,1-3,5,8-9,16-17H2. The minimum Gasteiger partial charge on any atom is -0.377 e. The smallest absolute Gasteiger partial charge is 0.269 e. The van der Waals surface area contributed by atoms with Crippen LogP contribution in [0.4, 0.5) is 5.69 Å². The fourth-order valence-corrected chi connectivity index (χ4v) is 2.61. The zero-order valence-corrected chi connectivity index (χ0v) is 14.0. The van der Waals surface area contributed by atoms with E-state index in [9.17, 15) is 10.1 Å². The molecule has 0 atom stereocenters. The number of unbranched alkanes of at least 4 members (excludes halogenated alkanes) is 4. The Balaban J connectivity index is 1.46. The summed E-state index contributed by atoms with van der Waals surface area (Å²) in [5, 5.41) is 10.6. The maximum absolute atomic E-state index is 10.6. The highest BCUT2D eigenvalue weighted by Crippen LogP contribution is 2.14. The summed E-state index contributed by atoms with van der Waals surface area (Å²) >= 11 is 0. The van der Waals surface area contributed by atoms with Gasteiger partial charge in [0.05, 0.1) is 11.5 Å². The van der Waals surface area contributed by atoms with Crippen LogP contribution >= 0.6 is 0 Å². The van der Waals surface area contributed by atoms with Crippen LogP contribution in [0.1, 0.15) is 43.2 Å². The van der Waals surface area contributed by atoms with Gasteiger partial charge >= 0.3 is 0 Å². The normalized spacial score (nSPS) is 10.7. The predicted octanol–water partition coefficient (Wildman–Crippen LogP) is 5.30. The van der Waals surface area contributed by atoms with E-state index in [1.807, 2.05) is 30.3 Å². The quantitative estimate of drug-likeness (QED) is 0.319. The fourth-order valence-electron chi connectivity index (χ4n) is 2.61. The van der Waals surface area contributed by atoms with Gasteiger partial charge in [-0.1, -0.05) is 61.7 Å². The van der Waals surface area contributed by atoms with Crippen LogP contribution in [0.15, 0.2) is 54.6 Å². The molecule has 0 N–H and O–H groups in total. The Morgan fingerprint density at radius 1 is 0.792 bits per heavy atom. The molecule has 0 unspecified atom stereocenters. The van der Waals surface area contributed by atoms with Crippen LogP contribution in [-0.2, 0) is 17.8 Å². The number of non-ortho nitro benzene ring substituents is 1. The van der Waals surface area contributed by atoms with Crippen molar-refractivity contribution in [2.24, 2.45) is 0 Å². The third-order valence-electron chi connectivity index (χ3n) is 4.01. The van der Waals surface area contributed by atoms with Crippen LogP contribution in [0.2, 0.25) is 0 Å². The van der Waals surface area contributed by atoms with Gasteiger partial charge in [-0.05, 0) is 30.4 Å². The molecule has 0 aliphatic carbocycles. The molecule has 0 saturated carbocycles. The number of hydrogen-bond acceptors (Lipinski definition) is 3. The Labute approximate surface area is 143 Å². The summed E-state index contributed by atoms with van der Waals surface area (Å²) < 4.78 is 5.67. The molecule has 0 amide bonds. The van der Waals surface area contributed by atoms with E-state index in [1.54, 1.807) is 12.1 Å². The Morgan fingerprint density at radius 2 is 1.46 bits per heavy atom. The van der Waals surface area contributed by atoms with Crippen molar-refractivity contribution in [3.8, 4) is 0 Å². The predicted molar refractivity (Wildman–Crippen MR) is 96.0 cm³/mol. The van der Waals surface area contributed by atoms with Gasteiger partial charge in [0.2, 0.25) is 0 Å². The van der Waals surface area contributed by atoms with Gasteiger partial charge in [0.15, 0.2) is 0 Å². The van der Waals surface area contributed by atoms with Crippen LogP contribution in [0.3, 0.4) is 0 Å². The first-order valence-electron chi connectivity index (χ1n) is 8.61. The summed E-state index contributed by atoms with van der Waals surface area (Å²) in [6.45, 7) is 1.51. The first kappa shape index (κ1) is 18.1. The second-order valence-electron chi connectivity index (χ2n) is 5.98. The molecular formula is C20H25NO3. The van der Waals surface area contributed by atoms with Gasteiger partial charge in [-0.15, -0.1) is 0 Å². The first-order valence-corrected chi connectivity index (χ1v) is 8.61. The van der Waals surface area contributed by atoms with E-state index >= 15 is 0 Å². The molecule has 2 rings (SSSR count). The lowest BCUT2D eigenvalue weighted by Crippen LogP contribution is -1.95. The van der Waals surface area contributed by atoms with Gasteiger partial charge < -0.3 is 4.74 Å². The van der Waals surface area contributed by atoms with Crippen LogP contribution < -0.4 is 0 Å². The van der Waals surface area contributed by atoms with E-state index < -0.39 is 0 Å². The SMILES string of the molecule is O=[N+]([O-])c1ccc(CCCCCCCOCc2ccccc2)cc1. The minimum absolute atomic E-state index is 0.161. The molecule has 4 heteroatoms. The largest absolute Gasteiger partial charge is 0.377 e. The van der Waals surface area contributed by atoms with E-state index in [1.165, 1.54) is 30.4 Å². The van der Waals surface area contributed by atoms with Gasteiger partial charge in [-0.25, -0.2) is 0 Å². The summed E-state index contributed by atoms with van der Waals surface area (Å²) in [6.07, 6.45) is 6.81.